The van der Waals surface area contributed by atoms with Crippen LogP contribution in [0.1, 0.15) is 56.2 Å². The van der Waals surface area contributed by atoms with Gasteiger partial charge in [-0.1, -0.05) is 26.0 Å². The van der Waals surface area contributed by atoms with Gasteiger partial charge in [0, 0.05) is 24.8 Å². The lowest BCUT2D eigenvalue weighted by Crippen LogP contribution is -2.32. The van der Waals surface area contributed by atoms with Crippen molar-refractivity contribution in [3.05, 3.63) is 29.3 Å². The Morgan fingerprint density at radius 2 is 2.22 bits per heavy atom. The number of anilines is 1. The van der Waals surface area contributed by atoms with Crippen LogP contribution in [0.2, 0.25) is 0 Å². The van der Waals surface area contributed by atoms with Crippen LogP contribution >= 0.6 is 0 Å². The van der Waals surface area contributed by atoms with E-state index < -0.39 is 0 Å². The third-order valence-electron chi connectivity index (χ3n) is 4.53. The second-order valence-corrected chi connectivity index (χ2v) is 6.28. The lowest BCUT2D eigenvalue weighted by atomic mass is 9.91. The summed E-state index contributed by atoms with van der Waals surface area (Å²) in [5.41, 5.74) is 10.7. The van der Waals surface area contributed by atoms with Crippen molar-refractivity contribution in [1.82, 2.24) is 0 Å². The third-order valence-corrected chi connectivity index (χ3v) is 4.53. The first-order chi connectivity index (χ1) is 8.66. The smallest absolute Gasteiger partial charge is 0.0404 e. The van der Waals surface area contributed by atoms with Gasteiger partial charge in [-0.05, 0) is 48.3 Å². The van der Waals surface area contributed by atoms with Gasteiger partial charge in [-0.25, -0.2) is 0 Å². The molecule has 2 heteroatoms. The molecule has 2 aliphatic rings. The molecule has 0 fully saturated rings. The van der Waals surface area contributed by atoms with Gasteiger partial charge in [0.05, 0.1) is 0 Å². The molecular weight excluding hydrogens is 220 g/mol. The van der Waals surface area contributed by atoms with Crippen molar-refractivity contribution >= 4 is 5.69 Å². The lowest BCUT2D eigenvalue weighted by Gasteiger charge is -2.34. The minimum Gasteiger partial charge on any atom is -0.371 e. The fourth-order valence-electron chi connectivity index (χ4n) is 3.51. The molecule has 2 nitrogen and oxygen atoms in total. The van der Waals surface area contributed by atoms with Crippen LogP contribution in [0.3, 0.4) is 0 Å². The van der Waals surface area contributed by atoms with Crippen LogP contribution in [-0.4, -0.2) is 13.1 Å². The van der Waals surface area contributed by atoms with Crippen molar-refractivity contribution in [3.8, 4) is 0 Å². The SMILES string of the molecule is CC(C)CCN1CCC2CC(N)c3cccc1c32. The number of nitrogens with zero attached hydrogens (tertiary/aromatic N) is 1. The largest absolute Gasteiger partial charge is 0.371 e. The number of rotatable bonds is 3. The topological polar surface area (TPSA) is 29.3 Å². The highest BCUT2D eigenvalue weighted by Gasteiger charge is 2.35. The summed E-state index contributed by atoms with van der Waals surface area (Å²) in [4.78, 5) is 2.58. The van der Waals surface area contributed by atoms with Gasteiger partial charge in [0.15, 0.2) is 0 Å². The molecule has 1 heterocycles. The van der Waals surface area contributed by atoms with Crippen molar-refractivity contribution in [2.24, 2.45) is 11.7 Å². The standard InChI is InChI=1S/C16H24N2/c1-11(2)6-8-18-9-7-12-10-14(17)13-4-3-5-15(18)16(12)13/h3-5,11-12,14H,6-10,17H2,1-2H3. The molecule has 0 bridgehead atoms. The Balaban J connectivity index is 1.90. The van der Waals surface area contributed by atoms with Crippen molar-refractivity contribution in [2.45, 2.75) is 45.1 Å². The molecule has 0 amide bonds. The zero-order valence-corrected chi connectivity index (χ0v) is 11.5. The highest BCUT2D eigenvalue weighted by atomic mass is 15.1. The number of benzene rings is 1. The van der Waals surface area contributed by atoms with Crippen LogP contribution in [0.25, 0.3) is 0 Å². The van der Waals surface area contributed by atoms with Crippen LogP contribution in [-0.2, 0) is 0 Å². The van der Waals surface area contributed by atoms with E-state index in [0.29, 0.717) is 0 Å². The molecule has 1 aliphatic carbocycles. The van der Waals surface area contributed by atoms with Crippen LogP contribution in [0.4, 0.5) is 5.69 Å². The molecule has 1 aliphatic heterocycles. The average Bonchev–Trinajstić information content (AvgIpc) is 2.68. The van der Waals surface area contributed by atoms with Gasteiger partial charge < -0.3 is 10.6 Å². The Morgan fingerprint density at radius 1 is 1.39 bits per heavy atom. The van der Waals surface area contributed by atoms with Crippen LogP contribution in [0.5, 0.6) is 0 Å². The summed E-state index contributed by atoms with van der Waals surface area (Å²) in [5, 5.41) is 0. The minimum absolute atomic E-state index is 0.273. The molecule has 0 saturated heterocycles. The molecule has 3 rings (SSSR count). The van der Waals surface area contributed by atoms with Crippen LogP contribution < -0.4 is 10.6 Å². The molecule has 98 valence electrons. The molecule has 1 aromatic rings. The zero-order valence-electron chi connectivity index (χ0n) is 11.5. The molecule has 2 unspecified atom stereocenters. The first kappa shape index (κ1) is 12.0. The summed E-state index contributed by atoms with van der Waals surface area (Å²) < 4.78 is 0. The summed E-state index contributed by atoms with van der Waals surface area (Å²) in [6.45, 7) is 7.01. The Labute approximate surface area is 110 Å². The van der Waals surface area contributed by atoms with E-state index in [4.69, 9.17) is 5.73 Å². The lowest BCUT2D eigenvalue weighted by molar-refractivity contribution is 0.517. The molecule has 0 radical (unpaired) electrons. The van der Waals surface area contributed by atoms with Crippen molar-refractivity contribution in [1.29, 1.82) is 0 Å². The van der Waals surface area contributed by atoms with E-state index in [1.807, 2.05) is 0 Å². The predicted molar refractivity (Wildman–Crippen MR) is 77.0 cm³/mol. The van der Waals surface area contributed by atoms with E-state index in [1.54, 1.807) is 5.56 Å². The van der Waals surface area contributed by atoms with E-state index in [9.17, 15) is 0 Å². The van der Waals surface area contributed by atoms with Gasteiger partial charge in [-0.15, -0.1) is 0 Å². The molecule has 0 aromatic heterocycles. The van der Waals surface area contributed by atoms with E-state index in [2.05, 4.69) is 36.9 Å². The maximum absolute atomic E-state index is 6.26. The van der Waals surface area contributed by atoms with Gasteiger partial charge in [-0.3, -0.25) is 0 Å². The highest BCUT2D eigenvalue weighted by molar-refractivity contribution is 5.62. The van der Waals surface area contributed by atoms with Crippen LogP contribution in [0.15, 0.2) is 18.2 Å². The molecule has 2 atom stereocenters. The average molecular weight is 244 g/mol. The van der Waals surface area contributed by atoms with E-state index in [0.717, 1.165) is 18.3 Å². The van der Waals surface area contributed by atoms with Crippen LogP contribution in [0, 0.1) is 5.92 Å². The fourth-order valence-corrected chi connectivity index (χ4v) is 3.51. The monoisotopic (exact) mass is 244 g/mol. The molecule has 1 aromatic carbocycles. The van der Waals surface area contributed by atoms with Gasteiger partial charge in [0.25, 0.3) is 0 Å². The number of hydrogen-bond donors (Lipinski definition) is 1. The first-order valence-corrected chi connectivity index (χ1v) is 7.30. The van der Waals surface area contributed by atoms with Crippen molar-refractivity contribution < 1.29 is 0 Å². The Kier molecular flexibility index (Phi) is 3.06. The number of hydrogen-bond acceptors (Lipinski definition) is 2. The summed E-state index contributed by atoms with van der Waals surface area (Å²) in [6.07, 6.45) is 3.72. The molecule has 0 saturated carbocycles. The van der Waals surface area contributed by atoms with E-state index in [1.165, 1.54) is 37.2 Å². The summed E-state index contributed by atoms with van der Waals surface area (Å²) in [6, 6.07) is 6.98. The second-order valence-electron chi connectivity index (χ2n) is 6.28. The van der Waals surface area contributed by atoms with Gasteiger partial charge in [-0.2, -0.15) is 0 Å². The molecule has 2 N–H and O–H groups in total. The van der Waals surface area contributed by atoms with Crippen molar-refractivity contribution in [3.63, 3.8) is 0 Å². The van der Waals surface area contributed by atoms with Crippen molar-refractivity contribution in [2.75, 3.05) is 18.0 Å². The molecule has 0 spiro atoms. The Morgan fingerprint density at radius 3 is 3.00 bits per heavy atom. The van der Waals surface area contributed by atoms with E-state index >= 15 is 0 Å². The maximum Gasteiger partial charge on any atom is 0.0404 e. The first-order valence-electron chi connectivity index (χ1n) is 7.30. The molecule has 18 heavy (non-hydrogen) atoms. The summed E-state index contributed by atoms with van der Waals surface area (Å²) in [7, 11) is 0. The third kappa shape index (κ3) is 1.93. The van der Waals surface area contributed by atoms with E-state index in [-0.39, 0.29) is 6.04 Å². The Hall–Kier alpha value is -1.02. The van der Waals surface area contributed by atoms with Gasteiger partial charge in [0.1, 0.15) is 0 Å². The normalized spacial score (nSPS) is 25.7. The highest BCUT2D eigenvalue weighted by Crippen LogP contribution is 2.48. The zero-order chi connectivity index (χ0) is 12.7. The number of nitrogens with two attached hydrogens (primary N) is 1. The summed E-state index contributed by atoms with van der Waals surface area (Å²) >= 11 is 0. The molecular formula is C16H24N2. The minimum atomic E-state index is 0.273. The quantitative estimate of drug-likeness (QED) is 0.882. The Bertz CT molecular complexity index is 439. The summed E-state index contributed by atoms with van der Waals surface area (Å²) in [5.74, 6) is 1.50. The maximum atomic E-state index is 6.26. The second kappa shape index (κ2) is 4.58. The fraction of sp³-hybridized carbons (Fsp3) is 0.625. The van der Waals surface area contributed by atoms with Gasteiger partial charge >= 0.3 is 0 Å². The van der Waals surface area contributed by atoms with Gasteiger partial charge in [0.2, 0.25) is 0 Å². The predicted octanol–water partition coefficient (Wildman–Crippen LogP) is 3.43.